The van der Waals surface area contributed by atoms with E-state index in [9.17, 15) is 14.7 Å². The lowest BCUT2D eigenvalue weighted by Gasteiger charge is -2.19. The fourth-order valence-corrected chi connectivity index (χ4v) is 2.04. The highest BCUT2D eigenvalue weighted by Crippen LogP contribution is 2.25. The van der Waals surface area contributed by atoms with Crippen molar-refractivity contribution >= 4 is 11.9 Å². The number of aliphatic hydroxyl groups is 1. The summed E-state index contributed by atoms with van der Waals surface area (Å²) in [4.78, 5) is 23.3. The van der Waals surface area contributed by atoms with Crippen LogP contribution < -0.4 is 11.5 Å². The Labute approximate surface area is 134 Å². The van der Waals surface area contributed by atoms with Gasteiger partial charge in [-0.2, -0.15) is 5.26 Å². The lowest BCUT2D eigenvalue weighted by molar-refractivity contribution is -0.138. The molecule has 2 atom stereocenters. The van der Waals surface area contributed by atoms with E-state index < -0.39 is 29.5 Å². The lowest BCUT2D eigenvalue weighted by atomic mass is 9.91. The third kappa shape index (κ3) is 4.83. The number of carbonyl (C=O) groups excluding carboxylic acids is 2. The molecule has 0 aromatic heterocycles. The molecular weight excluding hydrogens is 298 g/mol. The van der Waals surface area contributed by atoms with Gasteiger partial charge < -0.3 is 21.3 Å². The molecular formula is C16H19N3O4. The van der Waals surface area contributed by atoms with E-state index in [2.05, 4.69) is 0 Å². The van der Waals surface area contributed by atoms with Gasteiger partial charge in [-0.25, -0.2) is 4.79 Å². The SMILES string of the molecule is CCOC(=O)/C(C#N)=C(\N)C(CC(O)c1ccccc1)C(N)=O. The number of primary amides is 1. The van der Waals surface area contributed by atoms with Gasteiger partial charge in [0.05, 0.1) is 18.6 Å². The minimum absolute atomic E-state index is 0.0607. The number of hydrogen-bond acceptors (Lipinski definition) is 6. The number of nitrogens with zero attached hydrogens (tertiary/aromatic N) is 1. The number of ether oxygens (including phenoxy) is 1. The fraction of sp³-hybridized carbons (Fsp3) is 0.312. The van der Waals surface area contributed by atoms with Gasteiger partial charge in [0.15, 0.2) is 5.57 Å². The van der Waals surface area contributed by atoms with Crippen molar-refractivity contribution in [3.63, 3.8) is 0 Å². The zero-order chi connectivity index (χ0) is 17.4. The highest BCUT2D eigenvalue weighted by molar-refractivity contribution is 5.95. The van der Waals surface area contributed by atoms with E-state index in [1.807, 2.05) is 0 Å². The highest BCUT2D eigenvalue weighted by atomic mass is 16.5. The van der Waals surface area contributed by atoms with E-state index in [0.717, 1.165) is 0 Å². The summed E-state index contributed by atoms with van der Waals surface area (Å²) in [6, 6.07) is 10.2. The maximum Gasteiger partial charge on any atom is 0.350 e. The van der Waals surface area contributed by atoms with Crippen molar-refractivity contribution in [2.75, 3.05) is 6.61 Å². The van der Waals surface area contributed by atoms with Gasteiger partial charge in [-0.3, -0.25) is 4.79 Å². The smallest absolute Gasteiger partial charge is 0.350 e. The molecule has 7 nitrogen and oxygen atoms in total. The van der Waals surface area contributed by atoms with E-state index >= 15 is 0 Å². The Kier molecular flexibility index (Phi) is 6.77. The highest BCUT2D eigenvalue weighted by Gasteiger charge is 2.28. The molecule has 0 aliphatic heterocycles. The molecule has 1 aromatic carbocycles. The van der Waals surface area contributed by atoms with Gasteiger partial charge in [-0.1, -0.05) is 30.3 Å². The van der Waals surface area contributed by atoms with Crippen molar-refractivity contribution in [2.45, 2.75) is 19.4 Å². The summed E-state index contributed by atoms with van der Waals surface area (Å²) >= 11 is 0. The molecule has 0 fully saturated rings. The summed E-state index contributed by atoms with van der Waals surface area (Å²) < 4.78 is 4.72. The predicted octanol–water partition coefficient (Wildman–Crippen LogP) is 0.511. The van der Waals surface area contributed by atoms with Crippen molar-refractivity contribution in [3.8, 4) is 6.07 Å². The van der Waals surface area contributed by atoms with Crippen LogP contribution in [0.1, 0.15) is 25.0 Å². The van der Waals surface area contributed by atoms with Crippen molar-refractivity contribution in [1.29, 1.82) is 5.26 Å². The van der Waals surface area contributed by atoms with Crippen LogP contribution in [0.5, 0.6) is 0 Å². The maximum absolute atomic E-state index is 11.7. The summed E-state index contributed by atoms with van der Waals surface area (Å²) in [6.07, 6.45) is -1.16. The van der Waals surface area contributed by atoms with E-state index in [-0.39, 0.29) is 18.7 Å². The number of hydrogen-bond donors (Lipinski definition) is 3. The van der Waals surface area contributed by atoms with Crippen LogP contribution in [0.25, 0.3) is 0 Å². The second-order valence-electron chi connectivity index (χ2n) is 4.78. The Morgan fingerprint density at radius 2 is 1.91 bits per heavy atom. The molecule has 0 radical (unpaired) electrons. The molecule has 0 saturated carbocycles. The first-order valence-electron chi connectivity index (χ1n) is 7.01. The van der Waals surface area contributed by atoms with Crippen LogP contribution in [-0.4, -0.2) is 23.6 Å². The van der Waals surface area contributed by atoms with Gasteiger partial charge >= 0.3 is 5.97 Å². The predicted molar refractivity (Wildman–Crippen MR) is 82.2 cm³/mol. The van der Waals surface area contributed by atoms with Gasteiger partial charge in [0.2, 0.25) is 5.91 Å². The largest absolute Gasteiger partial charge is 0.462 e. The molecule has 0 saturated heterocycles. The Morgan fingerprint density at radius 1 is 1.30 bits per heavy atom. The molecule has 2 unspecified atom stereocenters. The summed E-state index contributed by atoms with van der Waals surface area (Å²) in [5.74, 6) is -2.92. The zero-order valence-electron chi connectivity index (χ0n) is 12.7. The number of nitriles is 1. The number of benzene rings is 1. The van der Waals surface area contributed by atoms with Crippen molar-refractivity contribution < 1.29 is 19.4 Å². The number of esters is 1. The third-order valence-electron chi connectivity index (χ3n) is 3.24. The van der Waals surface area contributed by atoms with Crippen LogP contribution >= 0.6 is 0 Å². The Hall–Kier alpha value is -2.85. The molecule has 23 heavy (non-hydrogen) atoms. The summed E-state index contributed by atoms with van der Waals surface area (Å²) in [7, 11) is 0. The Bertz CT molecular complexity index is 634. The fourth-order valence-electron chi connectivity index (χ4n) is 2.04. The second-order valence-corrected chi connectivity index (χ2v) is 4.78. The quantitative estimate of drug-likeness (QED) is 0.380. The number of carbonyl (C=O) groups is 2. The van der Waals surface area contributed by atoms with Crippen LogP contribution in [0.4, 0.5) is 0 Å². The van der Waals surface area contributed by atoms with E-state index in [4.69, 9.17) is 21.5 Å². The molecule has 0 spiro atoms. The third-order valence-corrected chi connectivity index (χ3v) is 3.24. The molecule has 0 heterocycles. The van der Waals surface area contributed by atoms with E-state index in [1.165, 1.54) is 0 Å². The van der Waals surface area contributed by atoms with E-state index in [1.54, 1.807) is 43.3 Å². The normalized spacial score (nSPS) is 14.1. The first-order chi connectivity index (χ1) is 10.9. The summed E-state index contributed by atoms with van der Waals surface area (Å²) in [5, 5.41) is 19.3. The summed E-state index contributed by atoms with van der Waals surface area (Å²) in [5.41, 5.74) is 10.9. The minimum atomic E-state index is -1.16. The molecule has 122 valence electrons. The first kappa shape index (κ1) is 18.2. The van der Waals surface area contributed by atoms with Crippen LogP contribution in [0.15, 0.2) is 41.6 Å². The minimum Gasteiger partial charge on any atom is -0.462 e. The van der Waals surface area contributed by atoms with Gasteiger partial charge in [-0.15, -0.1) is 0 Å². The molecule has 0 aliphatic carbocycles. The van der Waals surface area contributed by atoms with Crippen molar-refractivity contribution in [3.05, 3.63) is 47.2 Å². The average Bonchev–Trinajstić information content (AvgIpc) is 2.53. The number of rotatable bonds is 7. The van der Waals surface area contributed by atoms with E-state index in [0.29, 0.717) is 5.56 Å². The molecule has 1 amide bonds. The van der Waals surface area contributed by atoms with Crippen LogP contribution in [0.3, 0.4) is 0 Å². The standard InChI is InChI=1S/C16H19N3O4/c1-2-23-16(22)12(9-17)14(18)11(15(19)21)8-13(20)10-6-4-3-5-7-10/h3-7,11,13,20H,2,8,18H2,1H3,(H2,19,21)/b14-12-. The second kappa shape index (κ2) is 8.56. The van der Waals surface area contributed by atoms with Gasteiger partial charge in [0.25, 0.3) is 0 Å². The van der Waals surface area contributed by atoms with Crippen molar-refractivity contribution in [2.24, 2.45) is 17.4 Å². The van der Waals surface area contributed by atoms with Crippen LogP contribution in [0, 0.1) is 17.2 Å². The monoisotopic (exact) mass is 317 g/mol. The molecule has 1 rings (SSSR count). The number of aliphatic hydroxyl groups excluding tert-OH is 1. The number of amides is 1. The zero-order valence-corrected chi connectivity index (χ0v) is 12.7. The maximum atomic E-state index is 11.7. The van der Waals surface area contributed by atoms with Crippen LogP contribution in [-0.2, 0) is 14.3 Å². The molecule has 0 bridgehead atoms. The van der Waals surface area contributed by atoms with Crippen molar-refractivity contribution in [1.82, 2.24) is 0 Å². The Morgan fingerprint density at radius 3 is 2.39 bits per heavy atom. The van der Waals surface area contributed by atoms with Gasteiger partial charge in [0, 0.05) is 5.70 Å². The lowest BCUT2D eigenvalue weighted by Crippen LogP contribution is -2.32. The first-order valence-corrected chi connectivity index (χ1v) is 7.01. The summed E-state index contributed by atoms with van der Waals surface area (Å²) in [6.45, 7) is 1.64. The van der Waals surface area contributed by atoms with Crippen LogP contribution in [0.2, 0.25) is 0 Å². The van der Waals surface area contributed by atoms with Gasteiger partial charge in [0.1, 0.15) is 6.07 Å². The average molecular weight is 317 g/mol. The topological polar surface area (TPSA) is 139 Å². The molecule has 5 N–H and O–H groups in total. The molecule has 0 aliphatic rings. The molecule has 1 aromatic rings. The Balaban J connectivity index is 3.08. The number of nitrogens with two attached hydrogens (primary N) is 2. The van der Waals surface area contributed by atoms with Gasteiger partial charge in [-0.05, 0) is 18.9 Å². The molecule has 7 heteroatoms.